The Morgan fingerprint density at radius 1 is 1.06 bits per heavy atom. The van der Waals surface area contributed by atoms with Gasteiger partial charge in [0.2, 0.25) is 5.91 Å². The molecule has 3 rings (SSSR count). The summed E-state index contributed by atoms with van der Waals surface area (Å²) < 4.78 is 8.24. The van der Waals surface area contributed by atoms with Crippen LogP contribution in [0.4, 0.5) is 0 Å². The molecule has 0 atom stereocenters. The Labute approximate surface area is 192 Å². The van der Waals surface area contributed by atoms with Gasteiger partial charge in [-0.05, 0) is 48.1 Å². The molecule has 172 valence electrons. The quantitative estimate of drug-likeness (QED) is 0.427. The molecule has 3 aromatic rings. The molecule has 5 heteroatoms. The number of carbonyl (C=O) groups is 1. The number of nitrogens with zero attached hydrogens (tertiary/aromatic N) is 2. The third kappa shape index (κ3) is 6.35. The SMILES string of the molecule is CC(C)C(=O)NCCc1nc2ccccc2n1CCCCOc1ccc(C(C)(C)C)cc1. The summed E-state index contributed by atoms with van der Waals surface area (Å²) >= 11 is 0. The summed E-state index contributed by atoms with van der Waals surface area (Å²) in [6.45, 7) is 12.7. The second-order valence-corrected chi connectivity index (χ2v) is 9.69. The minimum atomic E-state index is -0.00140. The molecular weight excluding hydrogens is 398 g/mol. The molecule has 0 unspecified atom stereocenters. The molecule has 0 spiro atoms. The highest BCUT2D eigenvalue weighted by molar-refractivity contribution is 5.78. The second kappa shape index (κ2) is 10.7. The summed E-state index contributed by atoms with van der Waals surface area (Å²) in [5.74, 6) is 2.03. The normalized spacial score (nSPS) is 11.8. The molecule has 1 amide bonds. The zero-order valence-electron chi connectivity index (χ0n) is 20.1. The molecule has 0 fully saturated rings. The lowest BCUT2D eigenvalue weighted by Crippen LogP contribution is -2.30. The Kier molecular flexibility index (Phi) is 7.94. The summed E-state index contributed by atoms with van der Waals surface area (Å²) in [6.07, 6.45) is 2.70. The predicted octanol–water partition coefficient (Wildman–Crippen LogP) is 5.51. The molecule has 0 radical (unpaired) electrons. The van der Waals surface area contributed by atoms with Crippen molar-refractivity contribution in [3.05, 3.63) is 59.9 Å². The van der Waals surface area contributed by atoms with E-state index in [0.29, 0.717) is 13.2 Å². The van der Waals surface area contributed by atoms with Crippen molar-refractivity contribution in [1.82, 2.24) is 14.9 Å². The number of fused-ring (bicyclic) bond motifs is 1. The fourth-order valence-corrected chi connectivity index (χ4v) is 3.68. The third-order valence-electron chi connectivity index (χ3n) is 5.67. The Morgan fingerprint density at radius 3 is 2.47 bits per heavy atom. The van der Waals surface area contributed by atoms with Crippen LogP contribution in [0, 0.1) is 5.92 Å². The second-order valence-electron chi connectivity index (χ2n) is 9.69. The van der Waals surface area contributed by atoms with Gasteiger partial charge in [-0.15, -0.1) is 0 Å². The van der Waals surface area contributed by atoms with Gasteiger partial charge in [0.05, 0.1) is 17.6 Å². The first-order valence-electron chi connectivity index (χ1n) is 11.7. The lowest BCUT2D eigenvalue weighted by atomic mass is 9.87. The first-order chi connectivity index (χ1) is 15.3. The highest BCUT2D eigenvalue weighted by Crippen LogP contribution is 2.24. The number of aromatic nitrogens is 2. The van der Waals surface area contributed by atoms with Gasteiger partial charge in [-0.1, -0.05) is 58.9 Å². The standard InChI is InChI=1S/C27H37N3O2/c1-20(2)26(31)28-17-16-25-29-23-10-6-7-11-24(23)30(25)18-8-9-19-32-22-14-12-21(13-15-22)27(3,4)5/h6-7,10-15,20H,8-9,16-19H2,1-5H3,(H,28,31). The summed E-state index contributed by atoms with van der Waals surface area (Å²) in [7, 11) is 0. The lowest BCUT2D eigenvalue weighted by molar-refractivity contribution is -0.123. The average molecular weight is 436 g/mol. The topological polar surface area (TPSA) is 56.2 Å². The van der Waals surface area contributed by atoms with Crippen LogP contribution in [0.15, 0.2) is 48.5 Å². The third-order valence-corrected chi connectivity index (χ3v) is 5.67. The van der Waals surface area contributed by atoms with E-state index in [9.17, 15) is 4.79 Å². The van der Waals surface area contributed by atoms with E-state index in [1.54, 1.807) is 0 Å². The monoisotopic (exact) mass is 435 g/mol. The fourth-order valence-electron chi connectivity index (χ4n) is 3.68. The molecule has 0 aliphatic rings. The summed E-state index contributed by atoms with van der Waals surface area (Å²) in [5.41, 5.74) is 3.62. The van der Waals surface area contributed by atoms with E-state index in [4.69, 9.17) is 9.72 Å². The number of ether oxygens (including phenoxy) is 1. The number of hydrogen-bond donors (Lipinski definition) is 1. The van der Waals surface area contributed by atoms with E-state index in [1.807, 2.05) is 26.0 Å². The van der Waals surface area contributed by atoms with Gasteiger partial charge in [-0.3, -0.25) is 4.79 Å². The number of unbranched alkanes of at least 4 members (excludes halogenated alkanes) is 1. The lowest BCUT2D eigenvalue weighted by Gasteiger charge is -2.19. The molecule has 1 N–H and O–H groups in total. The van der Waals surface area contributed by atoms with Crippen molar-refractivity contribution in [3.63, 3.8) is 0 Å². The van der Waals surface area contributed by atoms with Crippen molar-refractivity contribution < 1.29 is 9.53 Å². The average Bonchev–Trinajstić information content (AvgIpc) is 3.10. The number of rotatable bonds is 10. The summed E-state index contributed by atoms with van der Waals surface area (Å²) in [4.78, 5) is 16.7. The number of benzene rings is 2. The molecule has 5 nitrogen and oxygen atoms in total. The fraction of sp³-hybridized carbons (Fsp3) is 0.481. The largest absolute Gasteiger partial charge is 0.494 e. The van der Waals surface area contributed by atoms with Crippen LogP contribution in [0.25, 0.3) is 11.0 Å². The summed E-state index contributed by atoms with van der Waals surface area (Å²) in [5, 5.41) is 3.00. The molecule has 2 aromatic carbocycles. The molecule has 0 saturated heterocycles. The molecule has 0 bridgehead atoms. The van der Waals surface area contributed by atoms with E-state index in [-0.39, 0.29) is 17.2 Å². The van der Waals surface area contributed by atoms with Crippen LogP contribution in [0.2, 0.25) is 0 Å². The Morgan fingerprint density at radius 2 is 1.78 bits per heavy atom. The highest BCUT2D eigenvalue weighted by atomic mass is 16.5. The Hall–Kier alpha value is -2.82. The Balaban J connectivity index is 1.53. The summed E-state index contributed by atoms with van der Waals surface area (Å²) in [6, 6.07) is 16.7. The maximum absolute atomic E-state index is 11.9. The van der Waals surface area contributed by atoms with Crippen molar-refractivity contribution in [1.29, 1.82) is 0 Å². The van der Waals surface area contributed by atoms with Gasteiger partial charge >= 0.3 is 0 Å². The minimum Gasteiger partial charge on any atom is -0.494 e. The van der Waals surface area contributed by atoms with Crippen LogP contribution in [0.1, 0.15) is 58.8 Å². The zero-order valence-corrected chi connectivity index (χ0v) is 20.1. The molecule has 0 aliphatic heterocycles. The molecule has 1 aromatic heterocycles. The van der Waals surface area contributed by atoms with Gasteiger partial charge in [0, 0.05) is 25.4 Å². The number of amides is 1. The van der Waals surface area contributed by atoms with Gasteiger partial charge < -0.3 is 14.6 Å². The smallest absolute Gasteiger partial charge is 0.222 e. The first-order valence-corrected chi connectivity index (χ1v) is 11.7. The van der Waals surface area contributed by atoms with E-state index in [1.165, 1.54) is 5.56 Å². The molecule has 0 aliphatic carbocycles. The number of nitrogens with one attached hydrogen (secondary N) is 1. The van der Waals surface area contributed by atoms with Gasteiger partial charge in [-0.25, -0.2) is 4.98 Å². The van der Waals surface area contributed by atoms with Crippen LogP contribution in [0.3, 0.4) is 0 Å². The van der Waals surface area contributed by atoms with Crippen LogP contribution in [-0.4, -0.2) is 28.6 Å². The van der Waals surface area contributed by atoms with Gasteiger partial charge in [-0.2, -0.15) is 0 Å². The number of imidazole rings is 1. The molecule has 0 saturated carbocycles. The van der Waals surface area contributed by atoms with Crippen LogP contribution in [-0.2, 0) is 23.2 Å². The van der Waals surface area contributed by atoms with E-state index < -0.39 is 0 Å². The Bertz CT molecular complexity index is 1010. The van der Waals surface area contributed by atoms with Crippen molar-refractivity contribution in [2.45, 2.75) is 65.8 Å². The van der Waals surface area contributed by atoms with E-state index in [0.717, 1.165) is 48.4 Å². The van der Waals surface area contributed by atoms with Gasteiger partial charge in [0.25, 0.3) is 0 Å². The van der Waals surface area contributed by atoms with Crippen molar-refractivity contribution in [2.75, 3.05) is 13.2 Å². The minimum absolute atomic E-state index is 0.00140. The molecule has 32 heavy (non-hydrogen) atoms. The van der Waals surface area contributed by atoms with E-state index >= 15 is 0 Å². The number of para-hydroxylation sites is 2. The highest BCUT2D eigenvalue weighted by Gasteiger charge is 2.13. The maximum atomic E-state index is 11.9. The van der Waals surface area contributed by atoms with Crippen molar-refractivity contribution in [2.24, 2.45) is 5.92 Å². The number of aryl methyl sites for hydroxylation is 1. The van der Waals surface area contributed by atoms with Crippen LogP contribution >= 0.6 is 0 Å². The van der Waals surface area contributed by atoms with Gasteiger partial charge in [0.15, 0.2) is 0 Å². The number of carbonyl (C=O) groups excluding carboxylic acids is 1. The first kappa shape index (κ1) is 23.8. The van der Waals surface area contributed by atoms with Crippen LogP contribution < -0.4 is 10.1 Å². The van der Waals surface area contributed by atoms with Gasteiger partial charge in [0.1, 0.15) is 11.6 Å². The predicted molar refractivity (Wildman–Crippen MR) is 131 cm³/mol. The molecule has 1 heterocycles. The van der Waals surface area contributed by atoms with Crippen molar-refractivity contribution in [3.8, 4) is 5.75 Å². The zero-order chi connectivity index (χ0) is 23.1. The molecular formula is C27H37N3O2. The number of hydrogen-bond acceptors (Lipinski definition) is 3. The van der Waals surface area contributed by atoms with Crippen LogP contribution in [0.5, 0.6) is 5.75 Å². The van der Waals surface area contributed by atoms with E-state index in [2.05, 4.69) is 67.1 Å². The maximum Gasteiger partial charge on any atom is 0.222 e. The van der Waals surface area contributed by atoms with Crippen molar-refractivity contribution >= 4 is 16.9 Å².